The van der Waals surface area contributed by atoms with Gasteiger partial charge in [-0.3, -0.25) is 14.5 Å². The second kappa shape index (κ2) is 10.3. The number of ether oxygens (including phenoxy) is 1. The summed E-state index contributed by atoms with van der Waals surface area (Å²) in [5.41, 5.74) is 0. The van der Waals surface area contributed by atoms with Crippen molar-refractivity contribution >= 4 is 11.8 Å². The Labute approximate surface area is 157 Å². The maximum Gasteiger partial charge on any atom is 0.223 e. The highest BCUT2D eigenvalue weighted by Gasteiger charge is 2.30. The Hall–Kier alpha value is -1.14. The van der Waals surface area contributed by atoms with Crippen LogP contribution in [0.3, 0.4) is 0 Å². The molecule has 2 saturated carbocycles. The molecule has 0 bridgehead atoms. The minimum Gasteiger partial charge on any atom is -0.379 e. The third-order valence-corrected chi connectivity index (χ3v) is 6.25. The number of nitrogens with one attached hydrogen (secondary N) is 2. The molecule has 0 spiro atoms. The molecule has 2 aliphatic carbocycles. The standard InChI is InChI=1S/C20H35N3O3/c24-19(21-10-11-23-12-14-26-15-13-23)16-6-8-17(9-7-16)20(25)22-18-4-2-1-3-5-18/h16-18H,1-15H2,(H,21,24)(H,22,25). The fourth-order valence-corrected chi connectivity index (χ4v) is 4.49. The van der Waals surface area contributed by atoms with Gasteiger partial charge in [0.25, 0.3) is 0 Å². The van der Waals surface area contributed by atoms with Crippen LogP contribution < -0.4 is 10.6 Å². The van der Waals surface area contributed by atoms with E-state index in [-0.39, 0.29) is 23.7 Å². The number of hydrogen-bond acceptors (Lipinski definition) is 4. The van der Waals surface area contributed by atoms with Gasteiger partial charge in [-0.25, -0.2) is 0 Å². The fraction of sp³-hybridized carbons (Fsp3) is 0.900. The van der Waals surface area contributed by atoms with Gasteiger partial charge in [0.15, 0.2) is 0 Å². The zero-order valence-electron chi connectivity index (χ0n) is 16.0. The van der Waals surface area contributed by atoms with E-state index in [9.17, 15) is 9.59 Å². The van der Waals surface area contributed by atoms with Crippen molar-refractivity contribution in [3.05, 3.63) is 0 Å². The molecule has 2 amide bonds. The van der Waals surface area contributed by atoms with E-state index in [1.807, 2.05) is 0 Å². The van der Waals surface area contributed by atoms with E-state index in [1.54, 1.807) is 0 Å². The Morgan fingerprint density at radius 2 is 1.46 bits per heavy atom. The van der Waals surface area contributed by atoms with Crippen LogP contribution in [0, 0.1) is 11.8 Å². The molecule has 0 radical (unpaired) electrons. The first-order valence-electron chi connectivity index (χ1n) is 10.6. The molecule has 6 heteroatoms. The van der Waals surface area contributed by atoms with Gasteiger partial charge in [0.2, 0.25) is 11.8 Å². The summed E-state index contributed by atoms with van der Waals surface area (Å²) in [7, 11) is 0. The van der Waals surface area contributed by atoms with Crippen molar-refractivity contribution in [2.75, 3.05) is 39.4 Å². The van der Waals surface area contributed by atoms with E-state index in [0.29, 0.717) is 12.6 Å². The molecule has 2 N–H and O–H groups in total. The SMILES string of the molecule is O=C(NCCN1CCOCC1)C1CCC(C(=O)NC2CCCCC2)CC1. The van der Waals surface area contributed by atoms with Crippen LogP contribution in [-0.4, -0.2) is 62.1 Å². The smallest absolute Gasteiger partial charge is 0.223 e. The highest BCUT2D eigenvalue weighted by molar-refractivity contribution is 5.81. The summed E-state index contributed by atoms with van der Waals surface area (Å²) in [5.74, 6) is 0.584. The van der Waals surface area contributed by atoms with Crippen molar-refractivity contribution in [1.82, 2.24) is 15.5 Å². The number of amides is 2. The van der Waals surface area contributed by atoms with Gasteiger partial charge in [-0.05, 0) is 38.5 Å². The summed E-state index contributed by atoms with van der Waals surface area (Å²) in [6, 6.07) is 0.387. The number of rotatable bonds is 6. The highest BCUT2D eigenvalue weighted by Crippen LogP contribution is 2.29. The Morgan fingerprint density at radius 1 is 0.846 bits per heavy atom. The molecule has 1 heterocycles. The largest absolute Gasteiger partial charge is 0.379 e. The van der Waals surface area contributed by atoms with Crippen LogP contribution in [0.4, 0.5) is 0 Å². The molecule has 1 aliphatic heterocycles. The molecule has 3 rings (SSSR count). The summed E-state index contributed by atoms with van der Waals surface area (Å²) < 4.78 is 5.34. The predicted octanol–water partition coefficient (Wildman–Crippen LogP) is 1.69. The number of nitrogens with zero attached hydrogens (tertiary/aromatic N) is 1. The lowest BCUT2D eigenvalue weighted by Gasteiger charge is -2.30. The first kappa shape index (κ1) is 19.6. The van der Waals surface area contributed by atoms with Gasteiger partial charge in [-0.15, -0.1) is 0 Å². The van der Waals surface area contributed by atoms with Crippen LogP contribution >= 0.6 is 0 Å². The second-order valence-electron chi connectivity index (χ2n) is 8.14. The number of carbonyl (C=O) groups excluding carboxylic acids is 2. The molecule has 0 aromatic carbocycles. The zero-order valence-corrected chi connectivity index (χ0v) is 16.0. The van der Waals surface area contributed by atoms with Crippen molar-refractivity contribution in [2.45, 2.75) is 63.8 Å². The lowest BCUT2D eigenvalue weighted by Crippen LogP contribution is -2.44. The monoisotopic (exact) mass is 365 g/mol. The molecule has 0 aromatic heterocycles. The zero-order chi connectivity index (χ0) is 18.2. The van der Waals surface area contributed by atoms with E-state index in [4.69, 9.17) is 4.74 Å². The van der Waals surface area contributed by atoms with Gasteiger partial charge in [-0.2, -0.15) is 0 Å². The molecule has 6 nitrogen and oxygen atoms in total. The van der Waals surface area contributed by atoms with Crippen LogP contribution in [0.15, 0.2) is 0 Å². The van der Waals surface area contributed by atoms with Crippen molar-refractivity contribution in [2.24, 2.45) is 11.8 Å². The van der Waals surface area contributed by atoms with Gasteiger partial charge in [0.05, 0.1) is 13.2 Å². The maximum atomic E-state index is 12.5. The van der Waals surface area contributed by atoms with E-state index >= 15 is 0 Å². The van der Waals surface area contributed by atoms with Crippen LogP contribution in [0.25, 0.3) is 0 Å². The summed E-state index contributed by atoms with van der Waals surface area (Å²) in [6.45, 7) is 5.10. The van der Waals surface area contributed by atoms with E-state index in [2.05, 4.69) is 15.5 Å². The van der Waals surface area contributed by atoms with Crippen LogP contribution in [0.2, 0.25) is 0 Å². The number of hydrogen-bond donors (Lipinski definition) is 2. The summed E-state index contributed by atoms with van der Waals surface area (Å²) in [4.78, 5) is 27.2. The normalized spacial score (nSPS) is 28.5. The molecule has 0 atom stereocenters. The fourth-order valence-electron chi connectivity index (χ4n) is 4.49. The van der Waals surface area contributed by atoms with E-state index in [1.165, 1.54) is 19.3 Å². The minimum absolute atomic E-state index is 0.0819. The number of morpholine rings is 1. The van der Waals surface area contributed by atoms with Crippen molar-refractivity contribution in [3.63, 3.8) is 0 Å². The van der Waals surface area contributed by atoms with Gasteiger partial charge < -0.3 is 15.4 Å². The maximum absolute atomic E-state index is 12.5. The second-order valence-corrected chi connectivity index (χ2v) is 8.14. The lowest BCUT2D eigenvalue weighted by molar-refractivity contribution is -0.131. The lowest BCUT2D eigenvalue weighted by atomic mass is 9.81. The Bertz CT molecular complexity index is 451. The molecule has 26 heavy (non-hydrogen) atoms. The first-order valence-corrected chi connectivity index (χ1v) is 10.6. The molecular weight excluding hydrogens is 330 g/mol. The van der Waals surface area contributed by atoms with Gasteiger partial charge in [-0.1, -0.05) is 19.3 Å². The summed E-state index contributed by atoms with van der Waals surface area (Å²) >= 11 is 0. The molecule has 3 fully saturated rings. The summed E-state index contributed by atoms with van der Waals surface area (Å²) in [5, 5.41) is 6.34. The minimum atomic E-state index is 0.0819. The van der Waals surface area contributed by atoms with Crippen molar-refractivity contribution in [1.29, 1.82) is 0 Å². The molecule has 3 aliphatic rings. The van der Waals surface area contributed by atoms with Crippen molar-refractivity contribution in [3.8, 4) is 0 Å². The van der Waals surface area contributed by atoms with E-state index in [0.717, 1.165) is 71.4 Å². The van der Waals surface area contributed by atoms with Crippen LogP contribution in [0.5, 0.6) is 0 Å². The summed E-state index contributed by atoms with van der Waals surface area (Å²) in [6.07, 6.45) is 9.42. The van der Waals surface area contributed by atoms with Gasteiger partial charge in [0, 0.05) is 44.1 Å². The third-order valence-electron chi connectivity index (χ3n) is 6.25. The molecule has 0 aromatic rings. The molecule has 0 unspecified atom stereocenters. The van der Waals surface area contributed by atoms with Crippen molar-refractivity contribution < 1.29 is 14.3 Å². The molecule has 1 saturated heterocycles. The molecule has 148 valence electrons. The Morgan fingerprint density at radius 3 is 2.12 bits per heavy atom. The predicted molar refractivity (Wildman–Crippen MR) is 101 cm³/mol. The first-order chi connectivity index (χ1) is 12.7. The van der Waals surface area contributed by atoms with Gasteiger partial charge >= 0.3 is 0 Å². The number of carbonyl (C=O) groups is 2. The average Bonchev–Trinajstić information content (AvgIpc) is 2.69. The van der Waals surface area contributed by atoms with E-state index < -0.39 is 0 Å². The Kier molecular flexibility index (Phi) is 7.74. The Balaban J connectivity index is 1.30. The average molecular weight is 366 g/mol. The highest BCUT2D eigenvalue weighted by atomic mass is 16.5. The third kappa shape index (κ3) is 5.95. The topological polar surface area (TPSA) is 70.7 Å². The van der Waals surface area contributed by atoms with Gasteiger partial charge in [0.1, 0.15) is 0 Å². The molecular formula is C20H35N3O3. The van der Waals surface area contributed by atoms with Crippen LogP contribution in [0.1, 0.15) is 57.8 Å². The quantitative estimate of drug-likeness (QED) is 0.751. The van der Waals surface area contributed by atoms with Crippen LogP contribution in [-0.2, 0) is 14.3 Å².